The third-order valence-corrected chi connectivity index (χ3v) is 3.54. The van der Waals surface area contributed by atoms with Crippen LogP contribution in [-0.4, -0.2) is 36.0 Å². The van der Waals surface area contributed by atoms with E-state index < -0.39 is 24.3 Å². The Labute approximate surface area is 163 Å². The molecule has 1 amide bonds. The molecule has 0 saturated carbocycles. The van der Waals surface area contributed by atoms with Gasteiger partial charge in [0.05, 0.1) is 18.9 Å². The van der Waals surface area contributed by atoms with Crippen LogP contribution in [0.3, 0.4) is 0 Å². The Morgan fingerprint density at radius 2 is 1.71 bits per heavy atom. The Kier molecular flexibility index (Phi) is 8.11. The maximum Gasteiger partial charge on any atom is 0.341 e. The number of benzene rings is 1. The van der Waals surface area contributed by atoms with Crippen LogP contribution < -0.4 is 5.06 Å². The Balaban J connectivity index is 2.31. The first-order valence-electron chi connectivity index (χ1n) is 8.83. The number of hydroxylamine groups is 1. The van der Waals surface area contributed by atoms with E-state index in [1.165, 1.54) is 18.5 Å². The van der Waals surface area contributed by atoms with Crippen molar-refractivity contribution in [1.82, 2.24) is 4.98 Å². The average Bonchev–Trinajstić information content (AvgIpc) is 2.69. The number of ether oxygens (including phenoxy) is 2. The van der Waals surface area contributed by atoms with Crippen LogP contribution in [0.25, 0.3) is 0 Å². The van der Waals surface area contributed by atoms with Crippen molar-refractivity contribution in [2.24, 2.45) is 0 Å². The molecule has 2 aromatic rings. The molecule has 1 heterocycles. The van der Waals surface area contributed by atoms with Gasteiger partial charge < -0.3 is 9.47 Å². The largest absolute Gasteiger partial charge is 0.466 e. The van der Waals surface area contributed by atoms with Gasteiger partial charge in [-0.2, -0.15) is 5.06 Å². The van der Waals surface area contributed by atoms with E-state index in [4.69, 9.17) is 14.3 Å². The lowest BCUT2D eigenvalue weighted by molar-refractivity contribution is -0.147. The third kappa shape index (κ3) is 5.88. The van der Waals surface area contributed by atoms with Gasteiger partial charge in [0.1, 0.15) is 18.6 Å². The summed E-state index contributed by atoms with van der Waals surface area (Å²) >= 11 is 0. The molecule has 0 aliphatic carbocycles. The summed E-state index contributed by atoms with van der Waals surface area (Å²) in [5, 5.41) is 0.915. The molecule has 0 N–H and O–H groups in total. The van der Waals surface area contributed by atoms with E-state index >= 15 is 0 Å². The molecular weight excluding hydrogens is 364 g/mol. The molecule has 1 aromatic carbocycles. The Hall–Kier alpha value is -3.26. The minimum absolute atomic E-state index is 0.0506. The predicted octanol–water partition coefficient (Wildman–Crippen LogP) is 2.68. The predicted molar refractivity (Wildman–Crippen MR) is 100 cm³/mol. The summed E-state index contributed by atoms with van der Waals surface area (Å²) < 4.78 is 9.85. The number of hydrogen-bond acceptors (Lipinski definition) is 7. The first-order chi connectivity index (χ1) is 13.6. The van der Waals surface area contributed by atoms with Crippen LogP contribution in [0.2, 0.25) is 0 Å². The minimum Gasteiger partial charge on any atom is -0.466 e. The van der Waals surface area contributed by atoms with E-state index in [1.54, 1.807) is 13.8 Å². The summed E-state index contributed by atoms with van der Waals surface area (Å²) in [6.07, 6.45) is 2.16. The minimum atomic E-state index is -0.687. The summed E-state index contributed by atoms with van der Waals surface area (Å²) in [5.41, 5.74) is 0.997. The molecule has 8 heteroatoms. The van der Waals surface area contributed by atoms with Gasteiger partial charge in [-0.3, -0.25) is 19.4 Å². The van der Waals surface area contributed by atoms with E-state index in [1.807, 2.05) is 30.3 Å². The van der Waals surface area contributed by atoms with Crippen molar-refractivity contribution in [2.45, 2.75) is 26.9 Å². The molecular formula is C20H22N2O6. The molecule has 8 nitrogen and oxygen atoms in total. The number of nitrogens with zero attached hydrogens (tertiary/aromatic N) is 2. The molecule has 0 aliphatic heterocycles. The number of rotatable bonds is 9. The van der Waals surface area contributed by atoms with E-state index in [0.29, 0.717) is 0 Å². The summed E-state index contributed by atoms with van der Waals surface area (Å²) in [5.74, 6) is -2.01. The van der Waals surface area contributed by atoms with Gasteiger partial charge >= 0.3 is 11.9 Å². The highest BCUT2D eigenvalue weighted by Gasteiger charge is 2.26. The fraction of sp³-hybridized carbons (Fsp3) is 0.300. The maximum atomic E-state index is 12.7. The monoisotopic (exact) mass is 386 g/mol. The second-order valence-corrected chi connectivity index (χ2v) is 5.54. The molecule has 0 spiro atoms. The van der Waals surface area contributed by atoms with Crippen molar-refractivity contribution >= 4 is 23.5 Å². The molecule has 0 unspecified atom stereocenters. The van der Waals surface area contributed by atoms with Crippen LogP contribution in [0.5, 0.6) is 0 Å². The average molecular weight is 386 g/mol. The highest BCUT2D eigenvalue weighted by molar-refractivity contribution is 6.06. The van der Waals surface area contributed by atoms with Crippen molar-refractivity contribution in [1.29, 1.82) is 0 Å². The fourth-order valence-corrected chi connectivity index (χ4v) is 2.33. The number of esters is 2. The molecule has 2 rings (SSSR count). The SMILES string of the molecule is CCOC(=O)CC(=O)N(OCc1ccccc1)c1ccncc1C(=O)OCC. The van der Waals surface area contributed by atoms with Crippen molar-refractivity contribution < 1.29 is 28.7 Å². The van der Waals surface area contributed by atoms with Crippen molar-refractivity contribution in [3.8, 4) is 0 Å². The smallest absolute Gasteiger partial charge is 0.341 e. The van der Waals surface area contributed by atoms with Crippen molar-refractivity contribution in [3.63, 3.8) is 0 Å². The van der Waals surface area contributed by atoms with Gasteiger partial charge in [0.25, 0.3) is 5.91 Å². The van der Waals surface area contributed by atoms with E-state index in [9.17, 15) is 14.4 Å². The number of anilines is 1. The highest BCUT2D eigenvalue weighted by Crippen LogP contribution is 2.23. The second kappa shape index (κ2) is 10.8. The second-order valence-electron chi connectivity index (χ2n) is 5.54. The van der Waals surface area contributed by atoms with Crippen LogP contribution in [0.15, 0.2) is 48.8 Å². The van der Waals surface area contributed by atoms with Crippen LogP contribution in [-0.2, 0) is 30.5 Å². The number of pyridine rings is 1. The quantitative estimate of drug-likeness (QED) is 0.371. The van der Waals surface area contributed by atoms with Gasteiger partial charge in [-0.25, -0.2) is 4.79 Å². The van der Waals surface area contributed by atoms with Gasteiger partial charge in [0.2, 0.25) is 0 Å². The number of carbonyl (C=O) groups is 3. The maximum absolute atomic E-state index is 12.7. The molecule has 0 bridgehead atoms. The molecule has 0 atom stereocenters. The highest BCUT2D eigenvalue weighted by atomic mass is 16.7. The molecule has 28 heavy (non-hydrogen) atoms. The van der Waals surface area contributed by atoms with E-state index in [2.05, 4.69) is 4.98 Å². The first-order valence-corrected chi connectivity index (χ1v) is 8.83. The molecule has 0 saturated heterocycles. The summed E-state index contributed by atoms with van der Waals surface area (Å²) in [4.78, 5) is 46.3. The van der Waals surface area contributed by atoms with Crippen LogP contribution in [0.4, 0.5) is 5.69 Å². The first kappa shape index (κ1) is 21.0. The van der Waals surface area contributed by atoms with E-state index in [-0.39, 0.29) is 31.1 Å². The number of amides is 1. The Morgan fingerprint density at radius 3 is 2.39 bits per heavy atom. The van der Waals surface area contributed by atoms with Gasteiger partial charge in [-0.15, -0.1) is 0 Å². The molecule has 148 valence electrons. The zero-order valence-electron chi connectivity index (χ0n) is 15.8. The normalized spacial score (nSPS) is 10.2. The van der Waals surface area contributed by atoms with Crippen LogP contribution in [0, 0.1) is 0 Å². The van der Waals surface area contributed by atoms with Crippen LogP contribution >= 0.6 is 0 Å². The topological polar surface area (TPSA) is 95.0 Å². The van der Waals surface area contributed by atoms with Crippen molar-refractivity contribution in [3.05, 3.63) is 59.9 Å². The van der Waals surface area contributed by atoms with Gasteiger partial charge in [0, 0.05) is 12.4 Å². The van der Waals surface area contributed by atoms with E-state index in [0.717, 1.165) is 10.6 Å². The summed E-state index contributed by atoms with van der Waals surface area (Å²) in [7, 11) is 0. The molecule has 1 aromatic heterocycles. The van der Waals surface area contributed by atoms with Gasteiger partial charge in [0.15, 0.2) is 0 Å². The zero-order chi connectivity index (χ0) is 20.4. The molecule has 0 aliphatic rings. The lowest BCUT2D eigenvalue weighted by Gasteiger charge is -2.23. The molecule has 0 radical (unpaired) electrons. The van der Waals surface area contributed by atoms with Gasteiger partial charge in [-0.05, 0) is 25.5 Å². The van der Waals surface area contributed by atoms with Crippen molar-refractivity contribution in [2.75, 3.05) is 18.3 Å². The molecule has 0 fully saturated rings. The summed E-state index contributed by atoms with van der Waals surface area (Å²) in [6, 6.07) is 10.6. The van der Waals surface area contributed by atoms with Crippen LogP contribution in [0.1, 0.15) is 36.2 Å². The van der Waals surface area contributed by atoms with Gasteiger partial charge in [-0.1, -0.05) is 30.3 Å². The zero-order valence-corrected chi connectivity index (χ0v) is 15.8. The Bertz CT molecular complexity index is 809. The fourth-order valence-electron chi connectivity index (χ4n) is 2.33. The number of carbonyl (C=O) groups excluding carboxylic acids is 3. The summed E-state index contributed by atoms with van der Waals surface area (Å²) in [6.45, 7) is 3.69. The number of aromatic nitrogens is 1. The Morgan fingerprint density at radius 1 is 1.00 bits per heavy atom. The number of hydrogen-bond donors (Lipinski definition) is 0. The standard InChI is InChI=1S/C20H22N2O6/c1-3-26-19(24)12-18(23)22(28-14-15-8-6-5-7-9-15)17-10-11-21-13-16(17)20(25)27-4-2/h5-11,13H,3-4,12,14H2,1-2H3. The lowest BCUT2D eigenvalue weighted by atomic mass is 10.2. The third-order valence-electron chi connectivity index (χ3n) is 3.54. The lowest BCUT2D eigenvalue weighted by Crippen LogP contribution is -2.34.